The summed E-state index contributed by atoms with van der Waals surface area (Å²) in [7, 11) is 0. The molecule has 0 aliphatic carbocycles. The molecule has 0 spiro atoms. The molecule has 0 fully saturated rings. The Balaban J connectivity index is 2.28. The minimum absolute atomic E-state index is 0.333. The van der Waals surface area contributed by atoms with Gasteiger partial charge in [-0.2, -0.15) is 0 Å². The zero-order valence-electron chi connectivity index (χ0n) is 8.35. The highest BCUT2D eigenvalue weighted by Crippen LogP contribution is 2.27. The lowest BCUT2D eigenvalue weighted by Crippen LogP contribution is -1.95. The molecule has 1 aromatic heterocycles. The van der Waals surface area contributed by atoms with Gasteiger partial charge in [0.05, 0.1) is 14.0 Å². The molecule has 6 heteroatoms. The lowest BCUT2D eigenvalue weighted by Gasteiger charge is -2.08. The summed E-state index contributed by atoms with van der Waals surface area (Å²) in [6.45, 7) is 0. The first kappa shape index (κ1) is 12.8. The maximum absolute atomic E-state index is 13.3. The van der Waals surface area contributed by atoms with Crippen LogP contribution in [0.3, 0.4) is 0 Å². The Bertz CT molecular complexity index is 563. The zero-order chi connectivity index (χ0) is 12.4. The predicted molar refractivity (Wildman–Crippen MR) is 74.3 cm³/mol. The maximum Gasteiger partial charge on any atom is 0.144 e. The van der Waals surface area contributed by atoms with Crippen molar-refractivity contribution in [1.82, 2.24) is 4.98 Å². The van der Waals surface area contributed by atoms with Crippen molar-refractivity contribution in [3.8, 4) is 0 Å². The third-order valence-electron chi connectivity index (χ3n) is 1.99. The van der Waals surface area contributed by atoms with Crippen LogP contribution >= 0.6 is 43.5 Å². The van der Waals surface area contributed by atoms with Gasteiger partial charge in [0.1, 0.15) is 11.6 Å². The lowest BCUT2D eigenvalue weighted by molar-refractivity contribution is 0.622. The number of nitrogens with zero attached hydrogens (tertiary/aromatic N) is 1. The molecule has 0 saturated carbocycles. The number of hydrogen-bond acceptors (Lipinski definition) is 2. The van der Waals surface area contributed by atoms with Crippen LogP contribution in [0.1, 0.15) is 0 Å². The lowest BCUT2D eigenvalue weighted by atomic mass is 10.3. The molecule has 17 heavy (non-hydrogen) atoms. The highest BCUT2D eigenvalue weighted by Gasteiger charge is 2.05. The molecule has 1 heterocycles. The number of hydrogen-bond donors (Lipinski definition) is 1. The Kier molecular flexibility index (Phi) is 4.01. The van der Waals surface area contributed by atoms with Crippen molar-refractivity contribution in [2.24, 2.45) is 0 Å². The Labute approximate surface area is 119 Å². The van der Waals surface area contributed by atoms with Crippen LogP contribution in [0.4, 0.5) is 15.9 Å². The highest BCUT2D eigenvalue weighted by molar-refractivity contribution is 9.10. The van der Waals surface area contributed by atoms with Crippen molar-refractivity contribution in [3.63, 3.8) is 0 Å². The molecule has 1 N–H and O–H groups in total. The molecule has 0 radical (unpaired) electrons. The number of halogens is 4. The van der Waals surface area contributed by atoms with E-state index in [1.54, 1.807) is 18.2 Å². The van der Waals surface area contributed by atoms with E-state index in [1.165, 1.54) is 12.3 Å². The van der Waals surface area contributed by atoms with E-state index in [1.807, 2.05) is 0 Å². The summed E-state index contributed by atoms with van der Waals surface area (Å²) in [6, 6.07) is 6.47. The summed E-state index contributed by atoms with van der Waals surface area (Å²) in [5.74, 6) is 0.246. The Morgan fingerprint density at radius 1 is 1.18 bits per heavy atom. The molecular formula is C11H6Br2ClFN2. The van der Waals surface area contributed by atoms with E-state index in [0.717, 1.165) is 0 Å². The third kappa shape index (κ3) is 3.18. The van der Waals surface area contributed by atoms with Gasteiger partial charge in [-0.3, -0.25) is 0 Å². The summed E-state index contributed by atoms with van der Waals surface area (Å²) in [5, 5.41) is 3.52. The van der Waals surface area contributed by atoms with Gasteiger partial charge in [0.2, 0.25) is 0 Å². The van der Waals surface area contributed by atoms with Crippen molar-refractivity contribution in [2.45, 2.75) is 0 Å². The topological polar surface area (TPSA) is 24.9 Å². The van der Waals surface area contributed by atoms with Crippen LogP contribution in [-0.4, -0.2) is 4.98 Å². The van der Waals surface area contributed by atoms with Crippen LogP contribution in [0.5, 0.6) is 0 Å². The molecule has 1 aromatic carbocycles. The number of nitrogens with one attached hydrogen (secondary N) is 1. The van der Waals surface area contributed by atoms with Gasteiger partial charge in [0, 0.05) is 11.9 Å². The number of rotatable bonds is 2. The smallest absolute Gasteiger partial charge is 0.144 e. The van der Waals surface area contributed by atoms with E-state index in [9.17, 15) is 4.39 Å². The number of aromatic nitrogens is 1. The molecule has 0 unspecified atom stereocenters. The van der Waals surface area contributed by atoms with Gasteiger partial charge in [-0.05, 0) is 56.1 Å². The Hall–Kier alpha value is -0.650. The number of benzene rings is 1. The molecule has 2 aromatic rings. The van der Waals surface area contributed by atoms with Gasteiger partial charge in [-0.25, -0.2) is 9.37 Å². The van der Waals surface area contributed by atoms with Crippen LogP contribution in [0.2, 0.25) is 5.02 Å². The molecule has 0 aliphatic rings. The molecule has 0 atom stereocenters. The minimum Gasteiger partial charge on any atom is -0.339 e. The van der Waals surface area contributed by atoms with Gasteiger partial charge in [-0.1, -0.05) is 11.6 Å². The number of anilines is 2. The second-order valence-electron chi connectivity index (χ2n) is 3.24. The quantitative estimate of drug-likeness (QED) is 0.780. The van der Waals surface area contributed by atoms with Gasteiger partial charge in [-0.15, -0.1) is 0 Å². The van der Waals surface area contributed by atoms with Gasteiger partial charge in [0.25, 0.3) is 0 Å². The summed E-state index contributed by atoms with van der Waals surface area (Å²) < 4.78 is 14.4. The first-order valence-corrected chi connectivity index (χ1v) is 6.56. The van der Waals surface area contributed by atoms with Gasteiger partial charge in [0.15, 0.2) is 0 Å². The molecule has 0 aliphatic heterocycles. The highest BCUT2D eigenvalue weighted by atomic mass is 79.9. The molecule has 2 rings (SSSR count). The van der Waals surface area contributed by atoms with Crippen molar-refractivity contribution in [2.75, 3.05) is 5.32 Å². The van der Waals surface area contributed by atoms with Gasteiger partial charge < -0.3 is 5.32 Å². The van der Waals surface area contributed by atoms with Crippen molar-refractivity contribution >= 4 is 55.0 Å². The summed E-state index contributed by atoms with van der Waals surface area (Å²) in [5.41, 5.74) is 0.612. The molecule has 2 nitrogen and oxygen atoms in total. The normalized spacial score (nSPS) is 10.4. The minimum atomic E-state index is -0.333. The van der Waals surface area contributed by atoms with E-state index in [2.05, 4.69) is 42.2 Å². The first-order chi connectivity index (χ1) is 8.06. The van der Waals surface area contributed by atoms with Crippen molar-refractivity contribution in [3.05, 3.63) is 50.2 Å². The van der Waals surface area contributed by atoms with Crippen LogP contribution in [0, 0.1) is 5.82 Å². The summed E-state index contributed by atoms with van der Waals surface area (Å²) >= 11 is 12.2. The monoisotopic (exact) mass is 378 g/mol. The van der Waals surface area contributed by atoms with E-state index in [0.29, 0.717) is 25.5 Å². The maximum atomic E-state index is 13.3. The Morgan fingerprint density at radius 3 is 2.59 bits per heavy atom. The van der Waals surface area contributed by atoms with E-state index >= 15 is 0 Å². The van der Waals surface area contributed by atoms with Gasteiger partial charge >= 0.3 is 0 Å². The number of pyridine rings is 1. The molecule has 0 bridgehead atoms. The second-order valence-corrected chi connectivity index (χ2v) is 5.38. The summed E-state index contributed by atoms with van der Waals surface area (Å²) in [6.07, 6.45) is 1.52. The van der Waals surface area contributed by atoms with E-state index < -0.39 is 0 Å². The third-order valence-corrected chi connectivity index (χ3v) is 3.44. The first-order valence-electron chi connectivity index (χ1n) is 4.59. The van der Waals surface area contributed by atoms with Crippen LogP contribution in [0.25, 0.3) is 0 Å². The summed E-state index contributed by atoms with van der Waals surface area (Å²) in [4.78, 5) is 4.10. The van der Waals surface area contributed by atoms with Crippen molar-refractivity contribution in [1.29, 1.82) is 0 Å². The molecule has 0 amide bonds. The fraction of sp³-hybridized carbons (Fsp3) is 0. The zero-order valence-corrected chi connectivity index (χ0v) is 12.3. The average molecular weight is 380 g/mol. The largest absolute Gasteiger partial charge is 0.339 e. The molecule has 88 valence electrons. The standard InChI is InChI=1S/C11H6Br2ClFN2/c12-8-2-1-7(4-10(8)15)17-11-9(13)3-6(14)5-16-11/h1-5H,(H,16,17). The van der Waals surface area contributed by atoms with Crippen LogP contribution in [-0.2, 0) is 0 Å². The average Bonchev–Trinajstić information content (AvgIpc) is 2.27. The SMILES string of the molecule is Fc1cc(Nc2ncc(Cl)cc2Br)ccc1Br. The van der Waals surface area contributed by atoms with E-state index in [-0.39, 0.29) is 5.82 Å². The second kappa shape index (κ2) is 5.33. The molecular weight excluding hydrogens is 374 g/mol. The predicted octanol–water partition coefficient (Wildman–Crippen LogP) is 5.14. The fourth-order valence-electron chi connectivity index (χ4n) is 1.22. The van der Waals surface area contributed by atoms with Crippen molar-refractivity contribution < 1.29 is 4.39 Å². The van der Waals surface area contributed by atoms with Crippen LogP contribution in [0.15, 0.2) is 39.4 Å². The molecule has 0 saturated heterocycles. The van der Waals surface area contributed by atoms with Crippen LogP contribution < -0.4 is 5.32 Å². The van der Waals surface area contributed by atoms with E-state index in [4.69, 9.17) is 11.6 Å². The Morgan fingerprint density at radius 2 is 1.94 bits per heavy atom. The fourth-order valence-corrected chi connectivity index (χ4v) is 2.20.